The van der Waals surface area contributed by atoms with E-state index in [9.17, 15) is 0 Å². The summed E-state index contributed by atoms with van der Waals surface area (Å²) in [5.74, 6) is 2.72. The second kappa shape index (κ2) is 6.43. The summed E-state index contributed by atoms with van der Waals surface area (Å²) in [6.45, 7) is 6.32. The van der Waals surface area contributed by atoms with E-state index >= 15 is 0 Å². The minimum Gasteiger partial charge on any atom is -0.497 e. The molecule has 21 heavy (non-hydrogen) atoms. The number of aromatic nitrogens is 2. The topological polar surface area (TPSA) is 47.0 Å². The van der Waals surface area contributed by atoms with Crippen molar-refractivity contribution in [2.75, 3.05) is 19.5 Å². The first kappa shape index (κ1) is 15.8. The van der Waals surface area contributed by atoms with Crippen LogP contribution in [-0.2, 0) is 0 Å². The lowest BCUT2D eigenvalue weighted by Crippen LogP contribution is -2.07. The molecule has 0 fully saturated rings. The number of ether oxygens (including phenoxy) is 1. The van der Waals surface area contributed by atoms with Crippen LogP contribution < -0.4 is 10.1 Å². The van der Waals surface area contributed by atoms with E-state index in [1.807, 2.05) is 32.2 Å². The minimum absolute atomic E-state index is 0.371. The molecule has 112 valence electrons. The smallest absolute Gasteiger partial charge is 0.163 e. The molecule has 4 nitrogen and oxygen atoms in total. The van der Waals surface area contributed by atoms with Crippen LogP contribution in [0.5, 0.6) is 5.75 Å². The lowest BCUT2D eigenvalue weighted by atomic mass is 10.0. The SMILES string of the molecule is CNc1nc(-c2cc(OC)ccc2Br)nc(C)c1C(C)C. The van der Waals surface area contributed by atoms with Crippen LogP contribution in [0.2, 0.25) is 0 Å². The second-order valence-electron chi connectivity index (χ2n) is 5.15. The van der Waals surface area contributed by atoms with Gasteiger partial charge in [0.2, 0.25) is 0 Å². The molecule has 5 heteroatoms. The third-order valence-corrected chi connectivity index (χ3v) is 4.06. The first-order valence-electron chi connectivity index (χ1n) is 6.88. The Bertz CT molecular complexity index is 656. The lowest BCUT2D eigenvalue weighted by Gasteiger charge is -2.16. The number of anilines is 1. The van der Waals surface area contributed by atoms with E-state index in [1.165, 1.54) is 0 Å². The summed E-state index contributed by atoms with van der Waals surface area (Å²) in [5.41, 5.74) is 3.07. The normalized spacial score (nSPS) is 10.8. The van der Waals surface area contributed by atoms with Gasteiger partial charge >= 0.3 is 0 Å². The fourth-order valence-electron chi connectivity index (χ4n) is 2.39. The van der Waals surface area contributed by atoms with E-state index in [2.05, 4.69) is 45.1 Å². The number of hydrogen-bond acceptors (Lipinski definition) is 4. The summed E-state index contributed by atoms with van der Waals surface area (Å²) in [6, 6.07) is 5.79. The molecule has 0 bridgehead atoms. The summed E-state index contributed by atoms with van der Waals surface area (Å²) in [6.07, 6.45) is 0. The molecule has 0 amide bonds. The van der Waals surface area contributed by atoms with Crippen LogP contribution >= 0.6 is 15.9 Å². The van der Waals surface area contributed by atoms with Crippen LogP contribution in [0.4, 0.5) is 5.82 Å². The highest BCUT2D eigenvalue weighted by molar-refractivity contribution is 9.10. The van der Waals surface area contributed by atoms with Crippen LogP contribution in [-0.4, -0.2) is 24.1 Å². The number of nitrogens with one attached hydrogen (secondary N) is 1. The maximum Gasteiger partial charge on any atom is 0.163 e. The number of rotatable bonds is 4. The average Bonchev–Trinajstić information content (AvgIpc) is 2.46. The quantitative estimate of drug-likeness (QED) is 0.889. The zero-order valence-electron chi connectivity index (χ0n) is 13.0. The van der Waals surface area contributed by atoms with Crippen molar-refractivity contribution in [3.05, 3.63) is 33.9 Å². The third kappa shape index (κ3) is 3.18. The standard InChI is InChI=1S/C16H20BrN3O/c1-9(2)14-10(3)19-15(20-16(14)18-4)12-8-11(21-5)6-7-13(12)17/h6-9H,1-5H3,(H,18,19,20). The molecule has 0 saturated carbocycles. The predicted octanol–water partition coefficient (Wildman–Crippen LogP) is 4.39. The van der Waals surface area contributed by atoms with Crippen molar-refractivity contribution in [2.45, 2.75) is 26.7 Å². The molecule has 0 atom stereocenters. The highest BCUT2D eigenvalue weighted by Gasteiger charge is 2.16. The van der Waals surface area contributed by atoms with Crippen LogP contribution in [0, 0.1) is 6.92 Å². The summed E-state index contributed by atoms with van der Waals surface area (Å²) >= 11 is 3.56. The van der Waals surface area contributed by atoms with Gasteiger partial charge in [0.15, 0.2) is 5.82 Å². The molecule has 1 aromatic carbocycles. The molecule has 0 aliphatic carbocycles. The molecule has 2 rings (SSSR count). The number of aryl methyl sites for hydroxylation is 1. The number of benzene rings is 1. The monoisotopic (exact) mass is 349 g/mol. The molecular weight excluding hydrogens is 330 g/mol. The van der Waals surface area contributed by atoms with Gasteiger partial charge in [-0.15, -0.1) is 0 Å². The van der Waals surface area contributed by atoms with Gasteiger partial charge in [0.25, 0.3) is 0 Å². The molecule has 2 aromatic rings. The average molecular weight is 350 g/mol. The maximum atomic E-state index is 5.29. The molecule has 1 heterocycles. The Morgan fingerprint density at radius 1 is 1.24 bits per heavy atom. The zero-order chi connectivity index (χ0) is 15.6. The number of halogens is 1. The van der Waals surface area contributed by atoms with Crippen molar-refractivity contribution in [2.24, 2.45) is 0 Å². The summed E-state index contributed by atoms with van der Waals surface area (Å²) in [7, 11) is 3.54. The largest absolute Gasteiger partial charge is 0.497 e. The van der Waals surface area contributed by atoms with E-state index < -0.39 is 0 Å². The maximum absolute atomic E-state index is 5.29. The van der Waals surface area contributed by atoms with Gasteiger partial charge in [0.1, 0.15) is 11.6 Å². The molecule has 1 aromatic heterocycles. The Kier molecular flexibility index (Phi) is 4.83. The fraction of sp³-hybridized carbons (Fsp3) is 0.375. The highest BCUT2D eigenvalue weighted by atomic mass is 79.9. The Morgan fingerprint density at radius 3 is 2.52 bits per heavy atom. The Balaban J connectivity index is 2.63. The van der Waals surface area contributed by atoms with E-state index in [-0.39, 0.29) is 0 Å². The zero-order valence-corrected chi connectivity index (χ0v) is 14.6. The molecule has 0 radical (unpaired) electrons. The first-order valence-corrected chi connectivity index (χ1v) is 7.67. The van der Waals surface area contributed by atoms with Crippen molar-refractivity contribution in [1.29, 1.82) is 0 Å². The number of nitrogens with zero attached hydrogens (tertiary/aromatic N) is 2. The number of methoxy groups -OCH3 is 1. The number of hydrogen-bond donors (Lipinski definition) is 1. The Morgan fingerprint density at radius 2 is 1.95 bits per heavy atom. The fourth-order valence-corrected chi connectivity index (χ4v) is 2.81. The molecule has 0 unspecified atom stereocenters. The molecule has 0 aliphatic heterocycles. The summed E-state index contributed by atoms with van der Waals surface area (Å²) in [4.78, 5) is 9.34. The lowest BCUT2D eigenvalue weighted by molar-refractivity contribution is 0.415. The van der Waals surface area contributed by atoms with Crippen LogP contribution in [0.3, 0.4) is 0 Å². The van der Waals surface area contributed by atoms with Crippen LogP contribution in [0.25, 0.3) is 11.4 Å². The van der Waals surface area contributed by atoms with Gasteiger partial charge in [0, 0.05) is 28.3 Å². The third-order valence-electron chi connectivity index (χ3n) is 3.36. The summed E-state index contributed by atoms with van der Waals surface area (Å²) in [5, 5.41) is 3.18. The van der Waals surface area contributed by atoms with E-state index in [4.69, 9.17) is 4.74 Å². The van der Waals surface area contributed by atoms with Gasteiger partial charge in [0.05, 0.1) is 7.11 Å². The summed E-state index contributed by atoms with van der Waals surface area (Å²) < 4.78 is 6.23. The second-order valence-corrected chi connectivity index (χ2v) is 6.00. The van der Waals surface area contributed by atoms with Gasteiger partial charge in [-0.3, -0.25) is 0 Å². The molecule has 1 N–H and O–H groups in total. The van der Waals surface area contributed by atoms with E-state index in [1.54, 1.807) is 7.11 Å². The minimum atomic E-state index is 0.371. The van der Waals surface area contributed by atoms with Gasteiger partial charge in [-0.1, -0.05) is 29.8 Å². The molecule has 0 aliphatic rings. The van der Waals surface area contributed by atoms with Gasteiger partial charge < -0.3 is 10.1 Å². The van der Waals surface area contributed by atoms with Crippen LogP contribution in [0.1, 0.15) is 31.0 Å². The van der Waals surface area contributed by atoms with E-state index in [0.29, 0.717) is 11.7 Å². The van der Waals surface area contributed by atoms with Gasteiger partial charge in [-0.25, -0.2) is 9.97 Å². The van der Waals surface area contributed by atoms with Crippen LogP contribution in [0.15, 0.2) is 22.7 Å². The Labute approximate surface area is 134 Å². The highest BCUT2D eigenvalue weighted by Crippen LogP contribution is 2.33. The van der Waals surface area contributed by atoms with Gasteiger partial charge in [-0.05, 0) is 31.0 Å². The van der Waals surface area contributed by atoms with Crippen molar-refractivity contribution in [1.82, 2.24) is 9.97 Å². The van der Waals surface area contributed by atoms with Gasteiger partial charge in [-0.2, -0.15) is 0 Å². The first-order chi connectivity index (χ1) is 9.97. The van der Waals surface area contributed by atoms with Crippen molar-refractivity contribution in [3.63, 3.8) is 0 Å². The van der Waals surface area contributed by atoms with E-state index in [0.717, 1.165) is 32.9 Å². The Hall–Kier alpha value is -1.62. The molecule has 0 spiro atoms. The molecule has 0 saturated heterocycles. The van der Waals surface area contributed by atoms with Crippen molar-refractivity contribution in [3.8, 4) is 17.1 Å². The molecular formula is C16H20BrN3O. The van der Waals surface area contributed by atoms with Crippen molar-refractivity contribution >= 4 is 21.7 Å². The predicted molar refractivity (Wildman–Crippen MR) is 90.1 cm³/mol. The van der Waals surface area contributed by atoms with Crippen molar-refractivity contribution < 1.29 is 4.74 Å².